The zero-order valence-electron chi connectivity index (χ0n) is 63.6. The number of methoxy groups -OCH3 is 4. The van der Waals surface area contributed by atoms with Crippen molar-refractivity contribution in [3.8, 4) is 0 Å². The third kappa shape index (κ3) is 20.8. The van der Waals surface area contributed by atoms with Crippen molar-refractivity contribution in [1.29, 1.82) is 0 Å². The molecular weight excluding hydrogens is 1520 g/mol. The monoisotopic (exact) mass is 1600 g/mol. The van der Waals surface area contributed by atoms with Gasteiger partial charge in [0.25, 0.3) is 0 Å². The van der Waals surface area contributed by atoms with E-state index in [1.165, 1.54) is 66.9 Å². The van der Waals surface area contributed by atoms with E-state index in [0.717, 1.165) is 55.6 Å². The van der Waals surface area contributed by atoms with Crippen LogP contribution in [0, 0.1) is 17.3 Å². The molecule has 0 fully saturated rings. The Morgan fingerprint density at radius 3 is 1.22 bits per heavy atom. The van der Waals surface area contributed by atoms with Crippen molar-refractivity contribution >= 4 is 154 Å². The van der Waals surface area contributed by atoms with Crippen molar-refractivity contribution in [1.82, 2.24) is 43.9 Å². The SMILES string of the molecule is COC(=O)c1csc(C(=O)c2cn(COC(=O)C(C)(C)C)c3ccccc23)n1.COC(=O)c1csc(C(=O)c2cn(COC(=O)C(N)C(C)C)c3ccccc23)n1.COC(=O)c1csc(C(=O)c2cn(COC(=O)C(NC(=O)OC(C)(C)C)C(C)C)c3ccccc23)n1.COC(=O)c1csc(Cc2c[nH]c3ccccc23)n1. The van der Waals surface area contributed by atoms with Gasteiger partial charge in [0.1, 0.15) is 17.7 Å². The van der Waals surface area contributed by atoms with Gasteiger partial charge in [-0.25, -0.2) is 48.7 Å². The second-order valence-corrected chi connectivity index (χ2v) is 31.0. The molecule has 0 radical (unpaired) electrons. The molecule has 33 heteroatoms. The van der Waals surface area contributed by atoms with Crippen LogP contribution >= 0.6 is 45.3 Å². The second-order valence-electron chi connectivity index (χ2n) is 27.5. The van der Waals surface area contributed by atoms with Crippen molar-refractivity contribution < 1.29 is 90.6 Å². The lowest BCUT2D eigenvalue weighted by atomic mass is 9.98. The highest BCUT2D eigenvalue weighted by atomic mass is 32.1. The number of nitrogens with one attached hydrogen (secondary N) is 2. The molecular formula is C79H82N10O19S4. The minimum Gasteiger partial charge on any atom is -0.464 e. The summed E-state index contributed by atoms with van der Waals surface area (Å²) in [6.45, 7) is 17.5. The highest BCUT2D eigenvalue weighted by Gasteiger charge is 2.31. The van der Waals surface area contributed by atoms with Crippen LogP contribution in [0.15, 0.2) is 143 Å². The van der Waals surface area contributed by atoms with Crippen LogP contribution in [0.25, 0.3) is 43.6 Å². The number of carbonyl (C=O) groups is 11. The van der Waals surface area contributed by atoms with Crippen LogP contribution in [0.3, 0.4) is 0 Å². The standard InChI is InChI=1S/C25H29N3O7S.C20H21N3O5S.C20H20N2O5S.C14H12N2O2S/c1-14(2)19(27-24(32)35-25(3,4)5)23(31)34-13-28-11-16(15-9-7-8-10-18(15)28)20(29)21-26-17(12-36-21)22(30)33-6;1-11(2)16(21)20(26)28-10-23-8-13(12-6-4-5-7-15(12)23)17(24)18-22-14(9-29-18)19(25)27-3;1-20(2,3)19(25)27-11-22-9-13(12-7-5-6-8-15(12)22)16(23)17-21-14(10-28-17)18(24)26-4;1-18-14(17)12-8-19-13(16-12)6-9-7-15-11-5-3-2-4-10(9)11/h7-12,14,19H,13H2,1-6H3,(H,27,32);4-9,11,16H,10,21H2,1-3H3;5-10H,11H2,1-4H3;2-5,7-8,15H,6H2,1H3. The fraction of sp³-hybridized carbons (Fsp3) is 0.304. The molecule has 0 saturated carbocycles. The van der Waals surface area contributed by atoms with Gasteiger partial charge >= 0.3 is 47.9 Å². The van der Waals surface area contributed by atoms with Crippen LogP contribution in [-0.4, -0.2) is 150 Å². The molecule has 4 aromatic carbocycles. The summed E-state index contributed by atoms with van der Waals surface area (Å²) in [5.41, 5.74) is 10.7. The van der Waals surface area contributed by atoms with Crippen LogP contribution in [0.4, 0.5) is 4.79 Å². The minimum atomic E-state index is -0.921. The number of thiazole rings is 4. The molecule has 2 unspecified atom stereocenters. The first-order valence-electron chi connectivity index (χ1n) is 34.6. The van der Waals surface area contributed by atoms with Crippen molar-refractivity contribution in [3.63, 3.8) is 0 Å². The van der Waals surface area contributed by atoms with Crippen molar-refractivity contribution in [2.75, 3.05) is 28.4 Å². The number of amides is 1. The van der Waals surface area contributed by atoms with Gasteiger partial charge in [0.05, 0.1) is 72.1 Å². The Morgan fingerprint density at radius 1 is 0.473 bits per heavy atom. The topological polar surface area (TPSA) is 382 Å². The third-order valence-electron chi connectivity index (χ3n) is 16.6. The first-order valence-corrected chi connectivity index (χ1v) is 38.1. The number of alkyl carbamates (subject to hydrolysis) is 1. The first kappa shape index (κ1) is 84.1. The molecule has 8 heterocycles. The number of aromatic amines is 1. The Balaban J connectivity index is 0.000000175. The number of para-hydroxylation sites is 4. The van der Waals surface area contributed by atoms with E-state index in [1.807, 2.05) is 80.7 Å². The lowest BCUT2D eigenvalue weighted by molar-refractivity contribution is -0.157. The van der Waals surface area contributed by atoms with Gasteiger partial charge in [-0.15, -0.1) is 45.3 Å². The van der Waals surface area contributed by atoms with Crippen LogP contribution in [0.2, 0.25) is 0 Å². The summed E-state index contributed by atoms with van der Waals surface area (Å²) in [6, 6.07) is 28.3. The summed E-state index contributed by atoms with van der Waals surface area (Å²) in [6.07, 6.45) is 6.82. The average Bonchev–Trinajstić information content (AvgIpc) is 1.64. The molecule has 112 heavy (non-hydrogen) atoms. The quantitative estimate of drug-likeness (QED) is 0.0304. The smallest absolute Gasteiger partial charge is 0.408 e. The van der Waals surface area contributed by atoms with E-state index in [4.69, 9.17) is 24.7 Å². The van der Waals surface area contributed by atoms with Gasteiger partial charge in [-0.3, -0.25) is 24.0 Å². The van der Waals surface area contributed by atoms with Gasteiger partial charge in [0.15, 0.2) is 58.0 Å². The maximum Gasteiger partial charge on any atom is 0.408 e. The molecule has 0 aliphatic heterocycles. The fourth-order valence-corrected chi connectivity index (χ4v) is 13.7. The minimum absolute atomic E-state index is 0.00479. The van der Waals surface area contributed by atoms with Gasteiger partial charge in [-0.1, -0.05) is 100 Å². The summed E-state index contributed by atoms with van der Waals surface area (Å²) in [5, 5.41) is 13.4. The number of hydrogen-bond donors (Lipinski definition) is 3. The van der Waals surface area contributed by atoms with Gasteiger partial charge in [0.2, 0.25) is 17.3 Å². The number of benzene rings is 4. The van der Waals surface area contributed by atoms with Crippen molar-refractivity contribution in [2.45, 2.75) is 114 Å². The number of rotatable bonds is 23. The average molecular weight is 1600 g/mol. The summed E-state index contributed by atoms with van der Waals surface area (Å²) < 4.78 is 45.0. The molecule has 12 rings (SSSR count). The Morgan fingerprint density at radius 2 is 0.839 bits per heavy atom. The van der Waals surface area contributed by atoms with Crippen molar-refractivity contribution in [2.24, 2.45) is 23.0 Å². The maximum atomic E-state index is 13.2. The number of carbonyl (C=O) groups excluding carboxylic acids is 11. The molecule has 4 N–H and O–H groups in total. The summed E-state index contributed by atoms with van der Waals surface area (Å²) in [7, 11) is 5.12. The summed E-state index contributed by atoms with van der Waals surface area (Å²) in [5.74, 6) is -4.99. The van der Waals surface area contributed by atoms with Crippen molar-refractivity contribution in [3.05, 3.63) is 208 Å². The van der Waals surface area contributed by atoms with E-state index in [-0.39, 0.29) is 93.4 Å². The van der Waals surface area contributed by atoms with E-state index in [9.17, 15) is 52.7 Å². The molecule has 29 nitrogen and oxygen atoms in total. The highest BCUT2D eigenvalue weighted by Crippen LogP contribution is 2.31. The molecule has 0 bridgehead atoms. The zero-order valence-corrected chi connectivity index (χ0v) is 66.9. The molecule has 1 amide bonds. The first-order chi connectivity index (χ1) is 53.2. The molecule has 0 aliphatic carbocycles. The van der Waals surface area contributed by atoms with E-state index in [2.05, 4.69) is 55.3 Å². The van der Waals surface area contributed by atoms with Crippen LogP contribution < -0.4 is 11.1 Å². The Kier molecular flexibility index (Phi) is 27.9. The zero-order chi connectivity index (χ0) is 81.5. The molecule has 12 aromatic rings. The number of nitrogens with two attached hydrogens (primary N) is 1. The van der Waals surface area contributed by atoms with Crippen LogP contribution in [0.5, 0.6) is 0 Å². The Hall–Kier alpha value is -11.9. The third-order valence-corrected chi connectivity index (χ3v) is 19.9. The van der Waals surface area contributed by atoms with E-state index in [0.29, 0.717) is 50.5 Å². The number of hydrogen-bond acceptors (Lipinski definition) is 28. The number of esters is 7. The van der Waals surface area contributed by atoms with Gasteiger partial charge in [-0.05, 0) is 83.2 Å². The number of nitrogens with zero attached hydrogens (tertiary/aromatic N) is 7. The van der Waals surface area contributed by atoms with Gasteiger partial charge in [0, 0.05) is 79.8 Å². The number of H-pyrrole nitrogens is 1. The number of aromatic nitrogens is 8. The highest BCUT2D eigenvalue weighted by molar-refractivity contribution is 7.13. The Labute approximate surface area is 658 Å². The van der Waals surface area contributed by atoms with Gasteiger partial charge < -0.3 is 67.6 Å². The molecule has 2 atom stereocenters. The normalized spacial score (nSPS) is 11.8. The number of fused-ring (bicyclic) bond motifs is 4. The molecule has 0 saturated heterocycles. The predicted octanol–water partition coefficient (Wildman–Crippen LogP) is 13.4. The Bertz CT molecular complexity index is 5460. The number of ether oxygens (including phenoxy) is 8. The molecule has 8 aromatic heterocycles. The largest absolute Gasteiger partial charge is 0.464 e. The second kappa shape index (κ2) is 37.2. The molecule has 586 valence electrons. The lowest BCUT2D eigenvalue weighted by Crippen LogP contribution is -2.47. The summed E-state index contributed by atoms with van der Waals surface area (Å²) >= 11 is 4.66. The predicted molar refractivity (Wildman–Crippen MR) is 420 cm³/mol. The lowest BCUT2D eigenvalue weighted by Gasteiger charge is -2.24. The molecule has 0 spiro atoms. The van der Waals surface area contributed by atoms with Crippen LogP contribution in [0.1, 0.15) is 168 Å². The maximum absolute atomic E-state index is 13.2. The molecule has 0 aliphatic rings. The van der Waals surface area contributed by atoms with E-state index < -0.39 is 59.0 Å². The van der Waals surface area contributed by atoms with E-state index >= 15 is 0 Å². The number of ketones is 3. The van der Waals surface area contributed by atoms with E-state index in [1.54, 1.807) is 123 Å². The fourth-order valence-electron chi connectivity index (χ4n) is 10.7. The summed E-state index contributed by atoms with van der Waals surface area (Å²) in [4.78, 5) is 154. The van der Waals surface area contributed by atoms with Gasteiger partial charge in [-0.2, -0.15) is 0 Å². The van der Waals surface area contributed by atoms with Crippen LogP contribution in [-0.2, 0) is 78.9 Å².